The van der Waals surface area contributed by atoms with E-state index in [9.17, 15) is 4.79 Å². The summed E-state index contributed by atoms with van der Waals surface area (Å²) >= 11 is 0. The molecule has 23 heavy (non-hydrogen) atoms. The molecule has 2 aliphatic rings. The van der Waals surface area contributed by atoms with Gasteiger partial charge < -0.3 is 14.2 Å². The Labute approximate surface area is 135 Å². The summed E-state index contributed by atoms with van der Waals surface area (Å²) in [7, 11) is 0. The highest BCUT2D eigenvalue weighted by Gasteiger charge is 2.25. The number of carbonyl (C=O) groups is 1. The van der Waals surface area contributed by atoms with Crippen molar-refractivity contribution in [3.05, 3.63) is 41.7 Å². The largest absolute Gasteiger partial charge is 0.472 e. The molecule has 0 aliphatic carbocycles. The molecule has 0 unspecified atom stereocenters. The van der Waals surface area contributed by atoms with Crippen LogP contribution in [-0.2, 0) is 12.8 Å². The lowest BCUT2D eigenvalue weighted by Crippen LogP contribution is -2.33. The van der Waals surface area contributed by atoms with Crippen molar-refractivity contribution in [1.29, 1.82) is 0 Å². The average molecular weight is 312 g/mol. The van der Waals surface area contributed by atoms with Crippen molar-refractivity contribution >= 4 is 11.7 Å². The van der Waals surface area contributed by atoms with Crippen LogP contribution in [0, 0.1) is 0 Å². The van der Waals surface area contributed by atoms with Gasteiger partial charge in [0, 0.05) is 38.2 Å². The summed E-state index contributed by atoms with van der Waals surface area (Å²) in [5, 5.41) is 0. The molecule has 0 spiro atoms. The van der Waals surface area contributed by atoms with E-state index in [1.807, 2.05) is 4.90 Å². The Balaban J connectivity index is 1.56. The van der Waals surface area contributed by atoms with Crippen LogP contribution >= 0.6 is 0 Å². The minimum Gasteiger partial charge on any atom is -0.472 e. The monoisotopic (exact) mass is 312 g/mol. The molecule has 4 rings (SSSR count). The number of hydrogen-bond acceptors (Lipinski definition) is 5. The topological polar surface area (TPSA) is 62.5 Å². The number of rotatable bonds is 2. The van der Waals surface area contributed by atoms with Crippen LogP contribution in [0.1, 0.15) is 34.5 Å². The Bertz CT molecular complexity index is 693. The summed E-state index contributed by atoms with van der Waals surface area (Å²) in [5.41, 5.74) is 2.92. The van der Waals surface area contributed by atoms with Crippen LogP contribution in [-0.4, -0.2) is 47.0 Å². The van der Waals surface area contributed by atoms with E-state index in [2.05, 4.69) is 14.9 Å². The summed E-state index contributed by atoms with van der Waals surface area (Å²) in [6.45, 7) is 3.53. The van der Waals surface area contributed by atoms with Gasteiger partial charge in [0.25, 0.3) is 5.91 Å². The summed E-state index contributed by atoms with van der Waals surface area (Å²) in [6, 6.07) is 1.72. The van der Waals surface area contributed by atoms with E-state index in [0.717, 1.165) is 37.4 Å². The van der Waals surface area contributed by atoms with Crippen molar-refractivity contribution in [2.75, 3.05) is 31.1 Å². The van der Waals surface area contributed by atoms with Crippen LogP contribution in [0.5, 0.6) is 0 Å². The smallest absolute Gasteiger partial charge is 0.257 e. The van der Waals surface area contributed by atoms with Crippen molar-refractivity contribution < 1.29 is 9.21 Å². The van der Waals surface area contributed by atoms with Gasteiger partial charge >= 0.3 is 0 Å². The standard InChI is InChI=1S/C17H20N4O2/c22-17(13-5-10-23-11-13)21-8-3-14-15(4-9-21)18-12-19-16(14)20-6-1-2-7-20/h5,10-12H,1-4,6-9H2. The van der Waals surface area contributed by atoms with Crippen LogP contribution in [0.3, 0.4) is 0 Å². The van der Waals surface area contributed by atoms with Gasteiger partial charge in [0.2, 0.25) is 0 Å². The van der Waals surface area contributed by atoms with Gasteiger partial charge in [0.15, 0.2) is 0 Å². The van der Waals surface area contributed by atoms with Gasteiger partial charge in [0.1, 0.15) is 18.4 Å². The van der Waals surface area contributed by atoms with E-state index in [1.165, 1.54) is 30.9 Å². The second-order valence-electron chi connectivity index (χ2n) is 6.12. The van der Waals surface area contributed by atoms with Crippen LogP contribution in [0.4, 0.5) is 5.82 Å². The molecule has 2 aromatic rings. The van der Waals surface area contributed by atoms with Gasteiger partial charge in [-0.15, -0.1) is 0 Å². The summed E-state index contributed by atoms with van der Waals surface area (Å²) in [4.78, 5) is 25.8. The lowest BCUT2D eigenvalue weighted by molar-refractivity contribution is 0.0762. The molecular weight excluding hydrogens is 292 g/mol. The molecule has 0 atom stereocenters. The highest BCUT2D eigenvalue weighted by molar-refractivity contribution is 5.93. The molecule has 0 saturated carbocycles. The fraction of sp³-hybridized carbons (Fsp3) is 0.471. The Morgan fingerprint density at radius 1 is 1.09 bits per heavy atom. The molecule has 1 saturated heterocycles. The molecular formula is C17H20N4O2. The van der Waals surface area contributed by atoms with Crippen molar-refractivity contribution in [3.63, 3.8) is 0 Å². The number of carbonyl (C=O) groups excluding carboxylic acids is 1. The van der Waals surface area contributed by atoms with Crippen molar-refractivity contribution in [3.8, 4) is 0 Å². The highest BCUT2D eigenvalue weighted by atomic mass is 16.3. The first kappa shape index (κ1) is 14.2. The molecule has 0 aromatic carbocycles. The molecule has 120 valence electrons. The molecule has 6 nitrogen and oxygen atoms in total. The van der Waals surface area contributed by atoms with Crippen molar-refractivity contribution in [2.24, 2.45) is 0 Å². The number of anilines is 1. The third kappa shape index (κ3) is 2.69. The molecule has 0 N–H and O–H groups in total. The highest BCUT2D eigenvalue weighted by Crippen LogP contribution is 2.26. The predicted octanol–water partition coefficient (Wildman–Crippen LogP) is 1.91. The zero-order valence-corrected chi connectivity index (χ0v) is 13.1. The Hall–Kier alpha value is -2.37. The van der Waals surface area contributed by atoms with E-state index < -0.39 is 0 Å². The third-order valence-electron chi connectivity index (χ3n) is 4.72. The fourth-order valence-corrected chi connectivity index (χ4v) is 3.48. The van der Waals surface area contributed by atoms with Crippen LogP contribution in [0.25, 0.3) is 0 Å². The van der Waals surface area contributed by atoms with Gasteiger partial charge in [-0.1, -0.05) is 0 Å². The number of aromatic nitrogens is 2. The molecule has 6 heteroatoms. The van der Waals surface area contributed by atoms with Gasteiger partial charge in [-0.2, -0.15) is 0 Å². The SMILES string of the molecule is O=C(c1ccoc1)N1CCc2ncnc(N3CCCC3)c2CC1. The average Bonchev–Trinajstić information content (AvgIpc) is 3.24. The molecule has 0 bridgehead atoms. The van der Waals surface area contributed by atoms with Gasteiger partial charge in [-0.3, -0.25) is 4.79 Å². The maximum Gasteiger partial charge on any atom is 0.257 e. The zero-order valence-electron chi connectivity index (χ0n) is 13.1. The van der Waals surface area contributed by atoms with Crippen molar-refractivity contribution in [2.45, 2.75) is 25.7 Å². The summed E-state index contributed by atoms with van der Waals surface area (Å²) in [6.07, 6.45) is 8.76. The molecule has 4 heterocycles. The number of fused-ring (bicyclic) bond motifs is 1. The number of furan rings is 1. The summed E-state index contributed by atoms with van der Waals surface area (Å²) in [5.74, 6) is 1.10. The van der Waals surface area contributed by atoms with Gasteiger partial charge in [0.05, 0.1) is 17.5 Å². The second-order valence-corrected chi connectivity index (χ2v) is 6.12. The molecule has 0 radical (unpaired) electrons. The maximum absolute atomic E-state index is 12.5. The van der Waals surface area contributed by atoms with E-state index in [-0.39, 0.29) is 5.91 Å². The molecule has 1 amide bonds. The zero-order chi connectivity index (χ0) is 15.6. The number of hydrogen-bond donors (Lipinski definition) is 0. The predicted molar refractivity (Wildman–Crippen MR) is 85.5 cm³/mol. The van der Waals surface area contributed by atoms with Crippen LogP contribution in [0.15, 0.2) is 29.3 Å². The quantitative estimate of drug-likeness (QED) is 0.847. The first-order valence-electron chi connectivity index (χ1n) is 8.22. The normalized spacial score (nSPS) is 17.9. The van der Waals surface area contributed by atoms with E-state index in [4.69, 9.17) is 4.42 Å². The minimum atomic E-state index is 0.0298. The van der Waals surface area contributed by atoms with E-state index in [1.54, 1.807) is 12.4 Å². The first-order valence-corrected chi connectivity index (χ1v) is 8.22. The lowest BCUT2D eigenvalue weighted by atomic mass is 10.1. The van der Waals surface area contributed by atoms with E-state index >= 15 is 0 Å². The maximum atomic E-state index is 12.5. The van der Waals surface area contributed by atoms with Crippen LogP contribution < -0.4 is 4.90 Å². The Morgan fingerprint density at radius 2 is 1.91 bits per heavy atom. The first-order chi connectivity index (χ1) is 11.3. The molecule has 2 aromatic heterocycles. The van der Waals surface area contributed by atoms with E-state index in [0.29, 0.717) is 18.7 Å². The van der Waals surface area contributed by atoms with Gasteiger partial charge in [-0.25, -0.2) is 9.97 Å². The molecule has 1 fully saturated rings. The third-order valence-corrected chi connectivity index (χ3v) is 4.72. The Morgan fingerprint density at radius 3 is 2.70 bits per heavy atom. The van der Waals surface area contributed by atoms with Crippen molar-refractivity contribution in [1.82, 2.24) is 14.9 Å². The fourth-order valence-electron chi connectivity index (χ4n) is 3.48. The number of nitrogens with zero attached hydrogens (tertiary/aromatic N) is 4. The number of amides is 1. The van der Waals surface area contributed by atoms with Crippen LogP contribution in [0.2, 0.25) is 0 Å². The minimum absolute atomic E-state index is 0.0298. The van der Waals surface area contributed by atoms with Gasteiger partial charge in [-0.05, 0) is 25.3 Å². The lowest BCUT2D eigenvalue weighted by Gasteiger charge is -2.21. The summed E-state index contributed by atoms with van der Waals surface area (Å²) < 4.78 is 5.03. The second kappa shape index (κ2) is 6.02. The Kier molecular flexibility index (Phi) is 3.73. The molecule has 2 aliphatic heterocycles.